The molecule has 0 N–H and O–H groups in total. The van der Waals surface area contributed by atoms with E-state index >= 15 is 0 Å². The van der Waals surface area contributed by atoms with Gasteiger partial charge in [-0.25, -0.2) is 0 Å². The molecule has 2 aromatic carbocycles. The third-order valence-corrected chi connectivity index (χ3v) is 18.1. The molecule has 4 atom stereocenters. The maximum absolute atomic E-state index is 6.48. The Morgan fingerprint density at radius 3 is 2.25 bits per heavy atom. The summed E-state index contributed by atoms with van der Waals surface area (Å²) in [7, 11) is 1.72. The van der Waals surface area contributed by atoms with Gasteiger partial charge in [-0.1, -0.05) is 0 Å². The normalized spacial score (nSPS) is 31.5. The van der Waals surface area contributed by atoms with Gasteiger partial charge in [0.05, 0.1) is 0 Å². The van der Waals surface area contributed by atoms with Crippen LogP contribution in [0.4, 0.5) is 0 Å². The molecule has 0 aromatic heterocycles. The van der Waals surface area contributed by atoms with Gasteiger partial charge >= 0.3 is 156 Å². The fraction of sp³-hybridized carbons (Fsp3) is 0.300. The Morgan fingerprint density at radius 2 is 1.62 bits per heavy atom. The molecule has 1 fully saturated rings. The van der Waals surface area contributed by atoms with Crippen molar-refractivity contribution < 1.29 is 4.74 Å². The predicted molar refractivity (Wildman–Crippen MR) is 108 cm³/mol. The summed E-state index contributed by atoms with van der Waals surface area (Å²) >= 11 is 7.02. The van der Waals surface area contributed by atoms with Crippen LogP contribution in [0.1, 0.15) is 24.2 Å². The van der Waals surface area contributed by atoms with Crippen molar-refractivity contribution >= 4 is 38.1 Å². The van der Waals surface area contributed by atoms with E-state index < -0.39 is 6.04 Å². The van der Waals surface area contributed by atoms with Crippen molar-refractivity contribution in [3.8, 4) is 5.75 Å². The Hall–Kier alpha value is -0.851. The van der Waals surface area contributed by atoms with Crippen LogP contribution in [-0.4, -0.2) is 32.3 Å². The summed E-state index contributed by atoms with van der Waals surface area (Å²) in [6, 6.07) is 18.1. The van der Waals surface area contributed by atoms with E-state index in [0.717, 1.165) is 5.75 Å². The Labute approximate surface area is 155 Å². The van der Waals surface area contributed by atoms with Crippen LogP contribution < -0.4 is 10.0 Å². The topological polar surface area (TPSA) is 9.23 Å². The second-order valence-corrected chi connectivity index (χ2v) is 14.8. The summed E-state index contributed by atoms with van der Waals surface area (Å²) in [5.74, 6) is 0.931. The summed E-state index contributed by atoms with van der Waals surface area (Å²) in [5, 5.41) is 1.43. The van der Waals surface area contributed by atoms with Gasteiger partial charge in [-0.15, -0.1) is 0 Å². The van der Waals surface area contributed by atoms with E-state index in [1.165, 1.54) is 10.9 Å². The molecule has 1 saturated heterocycles. The molecular formula is C20H21OPSSe. The molecule has 0 aliphatic carbocycles. The van der Waals surface area contributed by atoms with Crippen LogP contribution in [0.2, 0.25) is 0 Å². The van der Waals surface area contributed by atoms with Crippen molar-refractivity contribution in [1.82, 2.24) is 0 Å². The molecule has 0 spiro atoms. The summed E-state index contributed by atoms with van der Waals surface area (Å²) in [4.78, 5) is 0.614. The van der Waals surface area contributed by atoms with Gasteiger partial charge in [0, 0.05) is 0 Å². The third-order valence-electron chi connectivity index (χ3n) is 5.36. The molecule has 2 aliphatic rings. The molecule has 0 radical (unpaired) electrons. The number of fused-ring (bicyclic) bond motifs is 2. The first-order valence-corrected chi connectivity index (χ1v) is 13.1. The number of ether oxygens (including phenoxy) is 1. The monoisotopic (exact) mass is 420 g/mol. The van der Waals surface area contributed by atoms with Crippen molar-refractivity contribution in [2.75, 3.05) is 7.11 Å². The fourth-order valence-corrected chi connectivity index (χ4v) is 18.6. The molecule has 4 rings (SSSR count). The fourth-order valence-electron chi connectivity index (χ4n) is 3.99. The van der Waals surface area contributed by atoms with Gasteiger partial charge in [-0.3, -0.25) is 0 Å². The van der Waals surface area contributed by atoms with Gasteiger partial charge in [-0.05, 0) is 0 Å². The molecule has 2 aliphatic heterocycles. The molecule has 4 unspecified atom stereocenters. The quantitative estimate of drug-likeness (QED) is 0.417. The number of allylic oxidation sites excluding steroid dienone is 2. The van der Waals surface area contributed by atoms with E-state index in [4.69, 9.17) is 16.5 Å². The SMILES string of the molecule is COc1ccc(C2[Se]C3C(C)=C(C)C2P3(=S)c2ccccc2)cc1. The summed E-state index contributed by atoms with van der Waals surface area (Å²) in [6.07, 6.45) is 0. The summed E-state index contributed by atoms with van der Waals surface area (Å²) in [6.45, 7) is 4.66. The molecule has 24 heavy (non-hydrogen) atoms. The van der Waals surface area contributed by atoms with E-state index in [1.807, 2.05) is 0 Å². The van der Waals surface area contributed by atoms with Gasteiger partial charge in [0.1, 0.15) is 0 Å². The summed E-state index contributed by atoms with van der Waals surface area (Å²) in [5.41, 5.74) is 5.16. The first-order chi connectivity index (χ1) is 11.6. The Balaban J connectivity index is 1.79. The molecule has 4 heteroatoms. The van der Waals surface area contributed by atoms with Gasteiger partial charge in [-0.2, -0.15) is 0 Å². The minimum absolute atomic E-state index is 0.536. The van der Waals surface area contributed by atoms with Crippen LogP contribution >= 0.6 is 6.04 Å². The number of hydrogen-bond acceptors (Lipinski definition) is 2. The molecule has 2 aromatic rings. The first kappa shape index (κ1) is 16.6. The number of hydrogen-bond donors (Lipinski definition) is 0. The van der Waals surface area contributed by atoms with Crippen LogP contribution in [0, 0.1) is 0 Å². The van der Waals surface area contributed by atoms with E-state index in [1.54, 1.807) is 18.3 Å². The molecule has 124 valence electrons. The average Bonchev–Trinajstić information content (AvgIpc) is 3.04. The summed E-state index contributed by atoms with van der Waals surface area (Å²) < 4.78 is 5.96. The number of benzene rings is 2. The second-order valence-electron chi connectivity index (χ2n) is 6.54. The van der Waals surface area contributed by atoms with Gasteiger partial charge in [0.15, 0.2) is 0 Å². The van der Waals surface area contributed by atoms with Crippen molar-refractivity contribution in [2.24, 2.45) is 0 Å². The Bertz CT molecular complexity index is 844. The van der Waals surface area contributed by atoms with Crippen molar-refractivity contribution in [2.45, 2.75) is 28.9 Å². The molecule has 0 amide bonds. The number of rotatable bonds is 3. The van der Waals surface area contributed by atoms with Gasteiger partial charge < -0.3 is 0 Å². The zero-order valence-corrected chi connectivity index (χ0v) is 17.5. The zero-order chi connectivity index (χ0) is 16.9. The van der Waals surface area contributed by atoms with Crippen LogP contribution in [-0.2, 0) is 11.8 Å². The molecule has 1 nitrogen and oxygen atoms in total. The predicted octanol–water partition coefficient (Wildman–Crippen LogP) is 4.30. The van der Waals surface area contributed by atoms with E-state index in [2.05, 4.69) is 68.4 Å². The molecular weight excluding hydrogens is 398 g/mol. The van der Waals surface area contributed by atoms with Crippen LogP contribution in [0.25, 0.3) is 0 Å². The Kier molecular flexibility index (Phi) is 4.25. The van der Waals surface area contributed by atoms with E-state index in [9.17, 15) is 0 Å². The van der Waals surface area contributed by atoms with Crippen molar-refractivity contribution in [1.29, 1.82) is 0 Å². The second kappa shape index (κ2) is 6.15. The zero-order valence-electron chi connectivity index (χ0n) is 14.1. The van der Waals surface area contributed by atoms with Crippen LogP contribution in [0.15, 0.2) is 65.7 Å². The molecule has 2 heterocycles. The average molecular weight is 419 g/mol. The van der Waals surface area contributed by atoms with E-state index in [0.29, 0.717) is 30.0 Å². The Morgan fingerprint density at radius 1 is 0.958 bits per heavy atom. The molecule has 0 saturated carbocycles. The van der Waals surface area contributed by atoms with E-state index in [-0.39, 0.29) is 0 Å². The van der Waals surface area contributed by atoms with Gasteiger partial charge in [0.2, 0.25) is 0 Å². The van der Waals surface area contributed by atoms with Crippen molar-refractivity contribution in [3.63, 3.8) is 0 Å². The first-order valence-electron chi connectivity index (χ1n) is 8.19. The number of methoxy groups -OCH3 is 1. The van der Waals surface area contributed by atoms with Crippen LogP contribution in [0.3, 0.4) is 0 Å². The van der Waals surface area contributed by atoms with Crippen molar-refractivity contribution in [3.05, 3.63) is 71.3 Å². The third kappa shape index (κ3) is 2.30. The minimum atomic E-state index is -1.59. The van der Waals surface area contributed by atoms with Gasteiger partial charge in [0.25, 0.3) is 0 Å². The molecule has 2 bridgehead atoms. The van der Waals surface area contributed by atoms with Crippen LogP contribution in [0.5, 0.6) is 5.75 Å². The standard InChI is InChI=1S/C20H21OPSSe/c1-13-14(2)20-22(23,17-7-5-4-6-8-17)18(13)19(24-20)15-9-11-16(21-3)12-10-15/h4-12,18-20H,1-3H3. The maximum atomic E-state index is 6.48.